The highest BCUT2D eigenvalue weighted by Crippen LogP contribution is 1.86. The maximum absolute atomic E-state index is 10.0. The maximum atomic E-state index is 10.0. The summed E-state index contributed by atoms with van der Waals surface area (Å²) in [5, 5.41) is 22.9. The molecule has 0 spiro atoms. The number of azide groups is 1. The van der Waals surface area contributed by atoms with E-state index in [4.69, 9.17) is 15.7 Å². The van der Waals surface area contributed by atoms with Crippen LogP contribution in [0.5, 0.6) is 0 Å². The van der Waals surface area contributed by atoms with Gasteiger partial charge in [0, 0.05) is 18.0 Å². The molecule has 8 nitrogen and oxygen atoms in total. The largest absolute Gasteiger partial charge is 0.481 e. The number of hydrogen-bond donors (Lipinski definition) is 3. The Kier molecular flexibility index (Phi) is 7.48. The average molecular weight is 204 g/mol. The van der Waals surface area contributed by atoms with E-state index in [-0.39, 0.29) is 26.1 Å². The standard InChI is InChI=1S/C6H12N4O4/c7-10-9-3-2-8-6(13)14-4-1-5(11)12/h6,8,13H,1-4H2,(H,11,12). The molecule has 0 aromatic carbocycles. The summed E-state index contributed by atoms with van der Waals surface area (Å²) in [6, 6.07) is 0. The van der Waals surface area contributed by atoms with Crippen molar-refractivity contribution in [1.29, 1.82) is 0 Å². The molecular formula is C6H12N4O4. The molecule has 0 heterocycles. The lowest BCUT2D eigenvalue weighted by molar-refractivity contribution is -0.145. The molecule has 0 saturated heterocycles. The zero-order valence-corrected chi connectivity index (χ0v) is 7.46. The number of carboxylic acid groups (broad SMARTS) is 1. The van der Waals surface area contributed by atoms with E-state index in [2.05, 4.69) is 20.1 Å². The van der Waals surface area contributed by atoms with Crippen molar-refractivity contribution in [2.24, 2.45) is 5.11 Å². The van der Waals surface area contributed by atoms with Crippen molar-refractivity contribution in [3.8, 4) is 0 Å². The minimum atomic E-state index is -1.23. The summed E-state index contributed by atoms with van der Waals surface area (Å²) in [5.74, 6) is -0.994. The van der Waals surface area contributed by atoms with Crippen LogP contribution < -0.4 is 5.32 Å². The van der Waals surface area contributed by atoms with Gasteiger partial charge in [-0.1, -0.05) is 5.11 Å². The van der Waals surface area contributed by atoms with Crippen molar-refractivity contribution in [1.82, 2.24) is 5.32 Å². The number of nitrogens with one attached hydrogen (secondary N) is 1. The van der Waals surface area contributed by atoms with Crippen LogP contribution in [0.15, 0.2) is 5.11 Å². The number of aliphatic hydroxyl groups excluding tert-OH is 1. The van der Waals surface area contributed by atoms with Crippen LogP contribution in [-0.4, -0.2) is 42.3 Å². The van der Waals surface area contributed by atoms with Gasteiger partial charge in [-0.25, -0.2) is 0 Å². The normalized spacial score (nSPS) is 11.8. The van der Waals surface area contributed by atoms with E-state index in [9.17, 15) is 4.79 Å². The van der Waals surface area contributed by atoms with Crippen molar-refractivity contribution in [3.05, 3.63) is 10.4 Å². The van der Waals surface area contributed by atoms with E-state index in [0.717, 1.165) is 0 Å². The number of carbonyl (C=O) groups is 1. The fraction of sp³-hybridized carbons (Fsp3) is 0.833. The molecule has 0 aliphatic carbocycles. The second-order valence-electron chi connectivity index (χ2n) is 2.28. The Morgan fingerprint density at radius 2 is 2.43 bits per heavy atom. The van der Waals surface area contributed by atoms with Crippen LogP contribution in [0.4, 0.5) is 0 Å². The Bertz CT molecular complexity index is 208. The molecule has 0 amide bonds. The Morgan fingerprint density at radius 3 is 3.00 bits per heavy atom. The lowest BCUT2D eigenvalue weighted by Crippen LogP contribution is -2.33. The molecule has 14 heavy (non-hydrogen) atoms. The second-order valence-corrected chi connectivity index (χ2v) is 2.28. The maximum Gasteiger partial charge on any atom is 0.305 e. The fourth-order valence-electron chi connectivity index (χ4n) is 0.600. The van der Waals surface area contributed by atoms with Crippen molar-refractivity contribution in [3.63, 3.8) is 0 Å². The SMILES string of the molecule is [N-]=[N+]=NCCNC(O)OCCC(=O)O. The molecule has 3 N–H and O–H groups in total. The van der Waals surface area contributed by atoms with Gasteiger partial charge in [0.2, 0.25) is 6.41 Å². The molecule has 0 fully saturated rings. The van der Waals surface area contributed by atoms with Gasteiger partial charge in [0.25, 0.3) is 0 Å². The Balaban J connectivity index is 3.31. The van der Waals surface area contributed by atoms with Gasteiger partial charge in [0.15, 0.2) is 0 Å². The van der Waals surface area contributed by atoms with Crippen LogP contribution in [0, 0.1) is 0 Å². The zero-order valence-electron chi connectivity index (χ0n) is 7.46. The van der Waals surface area contributed by atoms with Gasteiger partial charge in [-0.3, -0.25) is 10.1 Å². The quantitative estimate of drug-likeness (QED) is 0.164. The summed E-state index contributed by atoms with van der Waals surface area (Å²) < 4.78 is 4.66. The van der Waals surface area contributed by atoms with E-state index in [1.165, 1.54) is 0 Å². The molecule has 0 aliphatic heterocycles. The number of nitrogens with zero attached hydrogens (tertiary/aromatic N) is 3. The molecule has 80 valence electrons. The smallest absolute Gasteiger partial charge is 0.305 e. The first-order valence-electron chi connectivity index (χ1n) is 3.92. The van der Waals surface area contributed by atoms with Gasteiger partial charge in [-0.15, -0.1) is 0 Å². The van der Waals surface area contributed by atoms with Gasteiger partial charge in [0.05, 0.1) is 13.0 Å². The molecule has 0 rings (SSSR count). The van der Waals surface area contributed by atoms with Crippen LogP contribution in [0.2, 0.25) is 0 Å². The first-order valence-corrected chi connectivity index (χ1v) is 3.92. The third kappa shape index (κ3) is 8.75. The fourth-order valence-corrected chi connectivity index (χ4v) is 0.600. The van der Waals surface area contributed by atoms with E-state index in [1.807, 2.05) is 0 Å². The van der Waals surface area contributed by atoms with Crippen LogP contribution >= 0.6 is 0 Å². The van der Waals surface area contributed by atoms with Gasteiger partial charge in [0.1, 0.15) is 0 Å². The molecule has 8 heteroatoms. The second kappa shape index (κ2) is 8.27. The van der Waals surface area contributed by atoms with Crippen molar-refractivity contribution in [2.75, 3.05) is 19.7 Å². The first kappa shape index (κ1) is 12.7. The topological polar surface area (TPSA) is 128 Å². The summed E-state index contributed by atoms with van der Waals surface area (Å²) in [6.07, 6.45) is -1.40. The zero-order chi connectivity index (χ0) is 10.8. The highest BCUT2D eigenvalue weighted by Gasteiger charge is 2.03. The van der Waals surface area contributed by atoms with Crippen molar-refractivity contribution < 1.29 is 19.7 Å². The first-order chi connectivity index (χ1) is 6.66. The highest BCUT2D eigenvalue weighted by atomic mass is 16.6. The third-order valence-electron chi connectivity index (χ3n) is 1.19. The molecule has 0 aliphatic rings. The van der Waals surface area contributed by atoms with Crippen molar-refractivity contribution >= 4 is 5.97 Å². The third-order valence-corrected chi connectivity index (χ3v) is 1.19. The van der Waals surface area contributed by atoms with Crippen LogP contribution in [-0.2, 0) is 9.53 Å². The summed E-state index contributed by atoms with van der Waals surface area (Å²) in [5.41, 5.74) is 7.91. The van der Waals surface area contributed by atoms with Crippen LogP contribution in [0.25, 0.3) is 10.4 Å². The number of rotatable bonds is 8. The Labute approximate surface area is 80.1 Å². The number of aliphatic carboxylic acids is 1. The molecule has 1 atom stereocenters. The molecule has 0 saturated carbocycles. The van der Waals surface area contributed by atoms with Gasteiger partial charge >= 0.3 is 5.97 Å². The van der Waals surface area contributed by atoms with Gasteiger partial charge in [-0.2, -0.15) is 0 Å². The van der Waals surface area contributed by atoms with Gasteiger partial charge < -0.3 is 14.9 Å². The predicted octanol–water partition coefficient (Wildman–Crippen LogP) is -0.347. The minimum Gasteiger partial charge on any atom is -0.481 e. The molecule has 1 unspecified atom stereocenters. The molecular weight excluding hydrogens is 192 g/mol. The molecule has 0 bridgehead atoms. The number of aliphatic hydroxyl groups is 1. The molecule has 0 aromatic heterocycles. The highest BCUT2D eigenvalue weighted by molar-refractivity contribution is 5.66. The van der Waals surface area contributed by atoms with E-state index in [0.29, 0.717) is 0 Å². The monoisotopic (exact) mass is 204 g/mol. The van der Waals surface area contributed by atoms with Crippen LogP contribution in [0.1, 0.15) is 6.42 Å². The molecule has 0 radical (unpaired) electrons. The summed E-state index contributed by atoms with van der Waals surface area (Å²) >= 11 is 0. The summed E-state index contributed by atoms with van der Waals surface area (Å²) in [6.45, 7) is 0.374. The number of ether oxygens (including phenoxy) is 1. The lowest BCUT2D eigenvalue weighted by atomic mass is 10.5. The van der Waals surface area contributed by atoms with Crippen LogP contribution in [0.3, 0.4) is 0 Å². The average Bonchev–Trinajstić information content (AvgIpc) is 2.12. The van der Waals surface area contributed by atoms with Gasteiger partial charge in [-0.05, 0) is 5.53 Å². The summed E-state index contributed by atoms with van der Waals surface area (Å²) in [7, 11) is 0. The van der Waals surface area contributed by atoms with E-state index < -0.39 is 12.4 Å². The lowest BCUT2D eigenvalue weighted by Gasteiger charge is -2.11. The Morgan fingerprint density at radius 1 is 1.71 bits per heavy atom. The summed E-state index contributed by atoms with van der Waals surface area (Å²) in [4.78, 5) is 12.5. The Hall–Kier alpha value is -1.34. The number of hydrogen-bond acceptors (Lipinski definition) is 5. The van der Waals surface area contributed by atoms with Crippen molar-refractivity contribution in [2.45, 2.75) is 12.8 Å². The molecule has 0 aromatic rings. The minimum absolute atomic E-state index is 0.0784. The van der Waals surface area contributed by atoms with E-state index >= 15 is 0 Å². The van der Waals surface area contributed by atoms with E-state index in [1.54, 1.807) is 0 Å². The predicted molar refractivity (Wildman–Crippen MR) is 46.2 cm³/mol. The number of carboxylic acids is 1.